The fourth-order valence-corrected chi connectivity index (χ4v) is 3.30. The van der Waals surface area contributed by atoms with Crippen LogP contribution in [0.1, 0.15) is 46.4 Å². The van der Waals surface area contributed by atoms with Crippen molar-refractivity contribution in [2.45, 2.75) is 31.2 Å². The van der Waals surface area contributed by atoms with Crippen molar-refractivity contribution in [1.82, 2.24) is 10.2 Å². The summed E-state index contributed by atoms with van der Waals surface area (Å²) >= 11 is 0. The molecule has 25 heavy (non-hydrogen) atoms. The Morgan fingerprint density at radius 1 is 1.32 bits per heavy atom. The molecule has 9 heteroatoms. The molecule has 1 heterocycles. The third kappa shape index (κ3) is 2.71. The zero-order valence-corrected chi connectivity index (χ0v) is 13.2. The Morgan fingerprint density at radius 2 is 2.00 bits per heavy atom. The number of hydrogen-bond acceptors (Lipinski definition) is 6. The van der Waals surface area contributed by atoms with Crippen LogP contribution in [0.2, 0.25) is 0 Å². The predicted octanol–water partition coefficient (Wildman–Crippen LogP) is 1.14. The molecule has 3 amide bonds. The van der Waals surface area contributed by atoms with E-state index in [1.165, 1.54) is 12.1 Å². The molecule has 0 aromatic heterocycles. The molecule has 1 aliphatic carbocycles. The van der Waals surface area contributed by atoms with Crippen LogP contribution < -0.4 is 5.32 Å². The van der Waals surface area contributed by atoms with Crippen molar-refractivity contribution >= 4 is 23.4 Å². The normalized spacial score (nSPS) is 18.0. The van der Waals surface area contributed by atoms with Crippen molar-refractivity contribution < 1.29 is 19.3 Å². The highest BCUT2D eigenvalue weighted by molar-refractivity contribution is 6.24. The predicted molar refractivity (Wildman–Crippen MR) is 83.4 cm³/mol. The summed E-state index contributed by atoms with van der Waals surface area (Å²) in [5.74, 6) is -2.27. The molecule has 0 bridgehead atoms. The third-order valence-electron chi connectivity index (χ3n) is 4.53. The van der Waals surface area contributed by atoms with Gasteiger partial charge in [-0.15, -0.1) is 0 Å². The van der Waals surface area contributed by atoms with E-state index in [1.807, 2.05) is 0 Å². The smallest absolute Gasteiger partial charge is 0.282 e. The maximum atomic E-state index is 12.4. The first-order chi connectivity index (χ1) is 11.9. The molecule has 0 spiro atoms. The van der Waals surface area contributed by atoms with Crippen molar-refractivity contribution in [2.24, 2.45) is 0 Å². The Morgan fingerprint density at radius 3 is 2.60 bits per heavy atom. The van der Waals surface area contributed by atoms with Gasteiger partial charge in [0.05, 0.1) is 16.6 Å². The molecule has 1 aromatic carbocycles. The summed E-state index contributed by atoms with van der Waals surface area (Å²) in [5.41, 5.74) is -1.84. The number of carbonyl (C=O) groups is 3. The van der Waals surface area contributed by atoms with Gasteiger partial charge in [-0.25, -0.2) is 0 Å². The lowest BCUT2D eigenvalue weighted by Gasteiger charge is -2.23. The monoisotopic (exact) mass is 342 g/mol. The second-order valence-corrected chi connectivity index (χ2v) is 6.10. The van der Waals surface area contributed by atoms with Crippen LogP contribution in [0.4, 0.5) is 5.69 Å². The first-order valence-electron chi connectivity index (χ1n) is 7.74. The van der Waals surface area contributed by atoms with Crippen LogP contribution in [0.25, 0.3) is 0 Å². The summed E-state index contributed by atoms with van der Waals surface area (Å²) in [6.07, 6.45) is 2.66. The van der Waals surface area contributed by atoms with Crippen molar-refractivity contribution in [3.8, 4) is 6.07 Å². The number of rotatable bonds is 4. The standard InChI is InChI=1S/C16H14N4O5/c17-9-16(6-1-2-7-16)18-12(21)8-19-14(22)10-4-3-5-11(20(24)25)13(10)15(19)23/h3-5H,1-2,6-8H2,(H,18,21). The molecule has 1 aromatic rings. The highest BCUT2D eigenvalue weighted by Crippen LogP contribution is 2.31. The number of nitro benzene ring substituents is 1. The number of hydrogen-bond donors (Lipinski definition) is 1. The number of benzene rings is 1. The van der Waals surface area contributed by atoms with Gasteiger partial charge in [0.15, 0.2) is 0 Å². The van der Waals surface area contributed by atoms with E-state index in [0.29, 0.717) is 17.7 Å². The van der Waals surface area contributed by atoms with Crippen molar-refractivity contribution in [3.05, 3.63) is 39.4 Å². The van der Waals surface area contributed by atoms with Crippen molar-refractivity contribution in [1.29, 1.82) is 5.26 Å². The molecule has 0 unspecified atom stereocenters. The van der Waals surface area contributed by atoms with Crippen LogP contribution >= 0.6 is 0 Å². The molecule has 128 valence electrons. The van der Waals surface area contributed by atoms with Gasteiger partial charge in [-0.1, -0.05) is 6.07 Å². The second-order valence-electron chi connectivity index (χ2n) is 6.10. The SMILES string of the molecule is N#CC1(NC(=O)CN2C(=O)c3cccc([N+](=O)[O-])c3C2=O)CCCC1. The number of amides is 3. The van der Waals surface area contributed by atoms with Crippen molar-refractivity contribution in [2.75, 3.05) is 6.54 Å². The van der Waals surface area contributed by atoms with E-state index in [0.717, 1.165) is 18.9 Å². The minimum Gasteiger partial charge on any atom is -0.336 e. The van der Waals surface area contributed by atoms with E-state index in [4.69, 9.17) is 0 Å². The van der Waals surface area contributed by atoms with Crippen LogP contribution in [0.3, 0.4) is 0 Å². The maximum Gasteiger partial charge on any atom is 0.282 e. The molecule has 9 nitrogen and oxygen atoms in total. The van der Waals surface area contributed by atoms with Gasteiger partial charge in [-0.05, 0) is 31.7 Å². The summed E-state index contributed by atoms with van der Waals surface area (Å²) < 4.78 is 0. The molecule has 0 radical (unpaired) electrons. The van der Waals surface area contributed by atoms with E-state index in [9.17, 15) is 29.8 Å². The first-order valence-corrected chi connectivity index (χ1v) is 7.74. The summed E-state index contributed by atoms with van der Waals surface area (Å²) in [6.45, 7) is -0.576. The Balaban J connectivity index is 1.81. The molecule has 1 fully saturated rings. The lowest BCUT2D eigenvalue weighted by Crippen LogP contribution is -2.49. The number of nitro groups is 1. The van der Waals surface area contributed by atoms with Gasteiger partial charge in [0, 0.05) is 6.07 Å². The average Bonchev–Trinajstić information content (AvgIpc) is 3.14. The Bertz CT molecular complexity index is 835. The first kappa shape index (κ1) is 16.6. The summed E-state index contributed by atoms with van der Waals surface area (Å²) in [7, 11) is 0. The molecule has 1 saturated carbocycles. The lowest BCUT2D eigenvalue weighted by atomic mass is 10.00. The quantitative estimate of drug-likeness (QED) is 0.495. The molecule has 2 aliphatic rings. The fraction of sp³-hybridized carbons (Fsp3) is 0.375. The number of carbonyl (C=O) groups excluding carboxylic acids is 3. The molecular formula is C16H14N4O5. The highest BCUT2D eigenvalue weighted by Gasteiger charge is 2.43. The largest absolute Gasteiger partial charge is 0.336 e. The van der Waals surface area contributed by atoms with Gasteiger partial charge in [-0.2, -0.15) is 5.26 Å². The third-order valence-corrected chi connectivity index (χ3v) is 4.53. The fourth-order valence-electron chi connectivity index (χ4n) is 3.30. The summed E-state index contributed by atoms with van der Waals surface area (Å²) in [4.78, 5) is 48.0. The summed E-state index contributed by atoms with van der Waals surface area (Å²) in [6, 6.07) is 5.85. The molecule has 1 aliphatic heterocycles. The minimum atomic E-state index is -0.970. The Labute approximate surface area is 142 Å². The van der Waals surface area contributed by atoms with Gasteiger partial charge in [0.2, 0.25) is 5.91 Å². The van der Waals surface area contributed by atoms with Crippen LogP contribution in [0.5, 0.6) is 0 Å². The van der Waals surface area contributed by atoms with Gasteiger partial charge in [0.1, 0.15) is 17.6 Å². The zero-order valence-electron chi connectivity index (χ0n) is 13.2. The molecule has 3 rings (SSSR count). The van der Waals surface area contributed by atoms with Crippen LogP contribution in [0, 0.1) is 21.4 Å². The number of nitrogens with one attached hydrogen (secondary N) is 1. The number of nitriles is 1. The topological polar surface area (TPSA) is 133 Å². The Kier molecular flexibility index (Phi) is 3.96. The maximum absolute atomic E-state index is 12.4. The second kappa shape index (κ2) is 5.98. The van der Waals surface area contributed by atoms with E-state index < -0.39 is 40.4 Å². The minimum absolute atomic E-state index is 0.0946. The number of imide groups is 1. The van der Waals surface area contributed by atoms with Gasteiger partial charge in [-0.3, -0.25) is 29.4 Å². The van der Waals surface area contributed by atoms with Crippen LogP contribution in [-0.2, 0) is 4.79 Å². The van der Waals surface area contributed by atoms with E-state index in [-0.39, 0.29) is 11.1 Å². The molecule has 1 N–H and O–H groups in total. The van der Waals surface area contributed by atoms with Crippen LogP contribution in [-0.4, -0.2) is 39.6 Å². The van der Waals surface area contributed by atoms with E-state index in [2.05, 4.69) is 11.4 Å². The van der Waals surface area contributed by atoms with E-state index in [1.54, 1.807) is 0 Å². The Hall–Kier alpha value is -3.28. The highest BCUT2D eigenvalue weighted by atomic mass is 16.6. The number of fused-ring (bicyclic) bond motifs is 1. The van der Waals surface area contributed by atoms with Crippen molar-refractivity contribution in [3.63, 3.8) is 0 Å². The van der Waals surface area contributed by atoms with Crippen LogP contribution in [0.15, 0.2) is 18.2 Å². The van der Waals surface area contributed by atoms with Gasteiger partial charge in [0.25, 0.3) is 17.5 Å². The molecule has 0 atom stereocenters. The molecule has 0 saturated heterocycles. The average molecular weight is 342 g/mol. The zero-order chi connectivity index (χ0) is 18.2. The van der Waals surface area contributed by atoms with Gasteiger partial charge >= 0.3 is 0 Å². The number of nitrogens with zero attached hydrogens (tertiary/aromatic N) is 3. The van der Waals surface area contributed by atoms with Gasteiger partial charge < -0.3 is 5.32 Å². The van der Waals surface area contributed by atoms with E-state index >= 15 is 0 Å². The molecular weight excluding hydrogens is 328 g/mol. The summed E-state index contributed by atoms with van der Waals surface area (Å²) in [5, 5.41) is 22.9. The lowest BCUT2D eigenvalue weighted by molar-refractivity contribution is -0.385.